The summed E-state index contributed by atoms with van der Waals surface area (Å²) in [5.74, 6) is -0.203. The van der Waals surface area contributed by atoms with E-state index in [-0.39, 0.29) is 16.5 Å². The van der Waals surface area contributed by atoms with Gasteiger partial charge in [-0.1, -0.05) is 20.8 Å². The number of nitrogens with one attached hydrogen (secondary N) is 1. The van der Waals surface area contributed by atoms with Crippen LogP contribution in [-0.4, -0.2) is 22.1 Å². The largest absolute Gasteiger partial charge is 0.476 e. The van der Waals surface area contributed by atoms with Crippen LogP contribution in [0, 0.1) is 16.7 Å². The standard InChI is InChI=1S/C14H20N2O2S/c1-13(2)8-4-5-14(3,6-8)12(13)16-10-9(11(17)18)15-7-19-10/h7-8,12,16H,4-6H2,1-3H3,(H,17,18). The molecule has 0 spiro atoms. The second-order valence-electron chi connectivity index (χ2n) is 6.83. The van der Waals surface area contributed by atoms with Crippen LogP contribution in [0.25, 0.3) is 0 Å². The molecule has 1 aromatic rings. The molecule has 3 unspecified atom stereocenters. The second kappa shape index (κ2) is 3.95. The third-order valence-corrected chi connectivity index (χ3v) is 6.07. The zero-order chi connectivity index (χ0) is 13.8. The van der Waals surface area contributed by atoms with Crippen LogP contribution in [0.3, 0.4) is 0 Å². The first kappa shape index (κ1) is 12.9. The van der Waals surface area contributed by atoms with Gasteiger partial charge in [0.15, 0.2) is 5.69 Å². The number of carbonyl (C=O) groups is 1. The van der Waals surface area contributed by atoms with Crippen molar-refractivity contribution in [3.8, 4) is 0 Å². The number of aromatic nitrogens is 1. The summed E-state index contributed by atoms with van der Waals surface area (Å²) in [5.41, 5.74) is 2.27. The van der Waals surface area contributed by atoms with Gasteiger partial charge >= 0.3 is 5.97 Å². The number of carboxylic acid groups (broad SMARTS) is 1. The minimum atomic E-state index is -0.949. The monoisotopic (exact) mass is 280 g/mol. The van der Waals surface area contributed by atoms with Crippen molar-refractivity contribution in [1.29, 1.82) is 0 Å². The van der Waals surface area contributed by atoms with Crippen molar-refractivity contribution < 1.29 is 9.90 Å². The maximum atomic E-state index is 11.2. The lowest BCUT2D eigenvalue weighted by atomic mass is 9.68. The van der Waals surface area contributed by atoms with Crippen molar-refractivity contribution >= 4 is 22.3 Å². The molecule has 19 heavy (non-hydrogen) atoms. The van der Waals surface area contributed by atoms with Crippen LogP contribution >= 0.6 is 11.3 Å². The molecule has 1 heterocycles. The summed E-state index contributed by atoms with van der Waals surface area (Å²) in [6.07, 6.45) is 3.79. The lowest BCUT2D eigenvalue weighted by molar-refractivity contribution is 0.0691. The van der Waals surface area contributed by atoms with Crippen molar-refractivity contribution in [2.24, 2.45) is 16.7 Å². The van der Waals surface area contributed by atoms with E-state index in [1.165, 1.54) is 30.6 Å². The van der Waals surface area contributed by atoms with Crippen molar-refractivity contribution in [3.63, 3.8) is 0 Å². The first-order valence-corrected chi connectivity index (χ1v) is 7.66. The molecular weight excluding hydrogens is 260 g/mol. The van der Waals surface area contributed by atoms with Gasteiger partial charge in [-0.25, -0.2) is 9.78 Å². The Bertz CT molecular complexity index is 521. The van der Waals surface area contributed by atoms with Gasteiger partial charge < -0.3 is 10.4 Å². The molecule has 1 aromatic heterocycles. The normalized spacial score (nSPS) is 35.5. The lowest BCUT2D eigenvalue weighted by Gasteiger charge is -2.43. The van der Waals surface area contributed by atoms with Gasteiger partial charge in [0, 0.05) is 6.04 Å². The highest BCUT2D eigenvalue weighted by atomic mass is 32.1. The van der Waals surface area contributed by atoms with E-state index in [9.17, 15) is 4.79 Å². The van der Waals surface area contributed by atoms with Crippen LogP contribution in [0.1, 0.15) is 50.5 Å². The highest BCUT2D eigenvalue weighted by Gasteiger charge is 2.59. The quantitative estimate of drug-likeness (QED) is 0.890. The van der Waals surface area contributed by atoms with Crippen molar-refractivity contribution in [3.05, 3.63) is 11.2 Å². The lowest BCUT2D eigenvalue weighted by Crippen LogP contribution is -2.45. The summed E-state index contributed by atoms with van der Waals surface area (Å²) >= 11 is 1.39. The summed E-state index contributed by atoms with van der Waals surface area (Å²) < 4.78 is 0. The Morgan fingerprint density at radius 1 is 1.53 bits per heavy atom. The van der Waals surface area contributed by atoms with Crippen molar-refractivity contribution in [2.75, 3.05) is 5.32 Å². The molecule has 2 aliphatic rings. The number of aromatic carboxylic acids is 1. The third kappa shape index (κ3) is 1.78. The number of carboxylic acids is 1. The molecule has 2 bridgehead atoms. The number of nitrogens with zero attached hydrogens (tertiary/aromatic N) is 1. The minimum Gasteiger partial charge on any atom is -0.476 e. The Hall–Kier alpha value is -1.10. The van der Waals surface area contributed by atoms with Crippen molar-refractivity contribution in [2.45, 2.75) is 46.1 Å². The number of hydrogen-bond acceptors (Lipinski definition) is 4. The highest BCUT2D eigenvalue weighted by Crippen LogP contribution is 2.63. The third-order valence-electron chi connectivity index (χ3n) is 5.32. The van der Waals surface area contributed by atoms with E-state index in [1.54, 1.807) is 5.51 Å². The summed E-state index contributed by atoms with van der Waals surface area (Å²) in [6, 6.07) is 0.331. The summed E-state index contributed by atoms with van der Waals surface area (Å²) in [4.78, 5) is 15.1. The molecule has 2 saturated carbocycles. The number of hydrogen-bond donors (Lipinski definition) is 2. The van der Waals surface area contributed by atoms with E-state index in [1.807, 2.05) is 0 Å². The van der Waals surface area contributed by atoms with E-state index in [0.717, 1.165) is 5.92 Å². The number of fused-ring (bicyclic) bond motifs is 2. The zero-order valence-corrected chi connectivity index (χ0v) is 12.4. The predicted octanol–water partition coefficient (Wildman–Crippen LogP) is 3.47. The van der Waals surface area contributed by atoms with Crippen LogP contribution in [-0.2, 0) is 0 Å². The summed E-state index contributed by atoms with van der Waals surface area (Å²) in [7, 11) is 0. The fourth-order valence-electron chi connectivity index (χ4n) is 4.29. The molecule has 104 valence electrons. The second-order valence-corrected chi connectivity index (χ2v) is 7.68. The van der Waals surface area contributed by atoms with E-state index >= 15 is 0 Å². The van der Waals surface area contributed by atoms with Gasteiger partial charge in [-0.05, 0) is 36.0 Å². The highest BCUT2D eigenvalue weighted by molar-refractivity contribution is 7.14. The number of anilines is 1. The minimum absolute atomic E-state index is 0.159. The molecule has 0 aliphatic heterocycles. The Morgan fingerprint density at radius 3 is 2.84 bits per heavy atom. The van der Waals surface area contributed by atoms with E-state index in [2.05, 4.69) is 31.1 Å². The average molecular weight is 280 g/mol. The Balaban J connectivity index is 1.91. The van der Waals surface area contributed by atoms with Gasteiger partial charge in [0.1, 0.15) is 5.00 Å². The van der Waals surface area contributed by atoms with Crippen molar-refractivity contribution in [1.82, 2.24) is 4.98 Å². The Kier molecular flexibility index (Phi) is 2.68. The molecule has 4 nitrogen and oxygen atoms in total. The van der Waals surface area contributed by atoms with Crippen LogP contribution in [0.4, 0.5) is 5.00 Å². The topological polar surface area (TPSA) is 62.2 Å². The fraction of sp³-hybridized carbons (Fsp3) is 0.714. The first-order chi connectivity index (χ1) is 8.84. The van der Waals surface area contributed by atoms with Crippen LogP contribution in [0.2, 0.25) is 0 Å². The summed E-state index contributed by atoms with van der Waals surface area (Å²) in [5, 5.41) is 13.4. The maximum Gasteiger partial charge on any atom is 0.357 e. The predicted molar refractivity (Wildman–Crippen MR) is 75.7 cm³/mol. The van der Waals surface area contributed by atoms with E-state index in [4.69, 9.17) is 5.11 Å². The smallest absolute Gasteiger partial charge is 0.357 e. The molecular formula is C14H20N2O2S. The number of thiazole rings is 1. The van der Waals surface area contributed by atoms with E-state index in [0.29, 0.717) is 11.0 Å². The fourth-order valence-corrected chi connectivity index (χ4v) is 5.00. The summed E-state index contributed by atoms with van der Waals surface area (Å²) in [6.45, 7) is 6.95. The molecule has 0 saturated heterocycles. The van der Waals surface area contributed by atoms with Crippen LogP contribution < -0.4 is 5.32 Å². The zero-order valence-electron chi connectivity index (χ0n) is 11.6. The molecule has 0 radical (unpaired) electrons. The SMILES string of the molecule is CC12CCC(C1)C(C)(C)C2Nc1scnc1C(=O)O. The molecule has 3 atom stereocenters. The molecule has 2 aliphatic carbocycles. The molecule has 5 heteroatoms. The van der Waals surface area contributed by atoms with E-state index < -0.39 is 5.97 Å². The Morgan fingerprint density at radius 2 is 2.26 bits per heavy atom. The number of rotatable bonds is 3. The Labute approximate surface area is 117 Å². The van der Waals surface area contributed by atoms with Gasteiger partial charge in [0.05, 0.1) is 5.51 Å². The molecule has 0 aromatic carbocycles. The average Bonchev–Trinajstić information content (AvgIpc) is 2.95. The molecule has 0 amide bonds. The molecule has 3 rings (SSSR count). The van der Waals surface area contributed by atoms with Gasteiger partial charge in [0.2, 0.25) is 0 Å². The van der Waals surface area contributed by atoms with Gasteiger partial charge in [0.25, 0.3) is 0 Å². The maximum absolute atomic E-state index is 11.2. The van der Waals surface area contributed by atoms with Gasteiger partial charge in [-0.3, -0.25) is 0 Å². The molecule has 2 fully saturated rings. The van der Waals surface area contributed by atoms with Crippen LogP contribution in [0.5, 0.6) is 0 Å². The first-order valence-electron chi connectivity index (χ1n) is 6.78. The molecule has 2 N–H and O–H groups in total. The van der Waals surface area contributed by atoms with Gasteiger partial charge in [-0.2, -0.15) is 0 Å². The van der Waals surface area contributed by atoms with Crippen LogP contribution in [0.15, 0.2) is 5.51 Å². The van der Waals surface area contributed by atoms with Gasteiger partial charge in [-0.15, -0.1) is 11.3 Å².